The molecule has 5 nitrogen and oxygen atoms in total. The summed E-state index contributed by atoms with van der Waals surface area (Å²) in [4.78, 5) is 7.77. The smallest absolute Gasteiger partial charge is 0.259 e. The van der Waals surface area contributed by atoms with Gasteiger partial charge in [-0.05, 0) is 0 Å². The molecule has 0 aromatic rings. The molecule has 1 N–H and O–H groups in total. The predicted octanol–water partition coefficient (Wildman–Crippen LogP) is 0.123. The van der Waals surface area contributed by atoms with Gasteiger partial charge in [0.25, 0.3) is 5.90 Å². The van der Waals surface area contributed by atoms with Crippen LogP contribution in [0.2, 0.25) is 0 Å². The summed E-state index contributed by atoms with van der Waals surface area (Å²) in [5, 5.41) is 16.0. The van der Waals surface area contributed by atoms with Gasteiger partial charge in [0.1, 0.15) is 6.34 Å². The van der Waals surface area contributed by atoms with Gasteiger partial charge in [-0.1, -0.05) is 12.2 Å². The van der Waals surface area contributed by atoms with Crippen LogP contribution >= 0.6 is 12.2 Å². The fraction of sp³-hybridized carbons (Fsp3) is 0. The van der Waals surface area contributed by atoms with Gasteiger partial charge in [-0.25, -0.2) is 9.98 Å². The molecule has 0 saturated carbocycles. The van der Waals surface area contributed by atoms with E-state index in [4.69, 9.17) is 17.3 Å². The van der Waals surface area contributed by atoms with Crippen molar-refractivity contribution in [3.63, 3.8) is 0 Å². The molecule has 11 heavy (non-hydrogen) atoms. The lowest BCUT2D eigenvalue weighted by atomic mass is 10.2. The van der Waals surface area contributed by atoms with Crippen molar-refractivity contribution in [3.05, 3.63) is 0 Å². The number of fused-ring (bicyclic) bond motifs is 1. The van der Waals surface area contributed by atoms with Crippen LogP contribution in [0.3, 0.4) is 0 Å². The number of aliphatic hydroxyl groups is 1. The van der Waals surface area contributed by atoms with Crippen molar-refractivity contribution in [1.29, 1.82) is 0 Å². The lowest BCUT2D eigenvalue weighted by Gasteiger charge is -2.01. The van der Waals surface area contributed by atoms with Crippen LogP contribution in [0.1, 0.15) is 0 Å². The van der Waals surface area contributed by atoms with Crippen LogP contribution in [0, 0.1) is 0 Å². The van der Waals surface area contributed by atoms with Crippen molar-refractivity contribution in [3.8, 4) is 0 Å². The van der Waals surface area contributed by atoms with Gasteiger partial charge in [-0.2, -0.15) is 0 Å². The summed E-state index contributed by atoms with van der Waals surface area (Å²) in [6.07, 6.45) is 1.27. The van der Waals surface area contributed by atoms with Gasteiger partial charge < -0.3 is 5.11 Å². The van der Waals surface area contributed by atoms with E-state index in [9.17, 15) is 0 Å². The fourth-order valence-electron chi connectivity index (χ4n) is 0.761. The molecule has 0 fully saturated rings. The Kier molecular flexibility index (Phi) is 1.16. The number of rotatable bonds is 0. The van der Waals surface area contributed by atoms with E-state index in [-0.39, 0.29) is 5.90 Å². The van der Waals surface area contributed by atoms with Gasteiger partial charge in [0.2, 0.25) is 0 Å². The Bertz CT molecular complexity index is 351. The molecule has 54 valence electrons. The molecule has 0 unspecified atom stereocenters. The van der Waals surface area contributed by atoms with Gasteiger partial charge in [0.15, 0.2) is 16.4 Å². The van der Waals surface area contributed by atoms with Crippen LogP contribution in [-0.2, 0) is 0 Å². The second-order valence-corrected chi connectivity index (χ2v) is 2.29. The van der Waals surface area contributed by atoms with Crippen molar-refractivity contribution >= 4 is 40.9 Å². The maximum absolute atomic E-state index is 9.03. The van der Waals surface area contributed by atoms with Crippen LogP contribution in [0.5, 0.6) is 0 Å². The monoisotopic (exact) mass is 166 g/mol. The number of hydrogen-bond donors (Lipinski definition) is 1. The molecule has 0 radical (unpaired) electrons. The quantitative estimate of drug-likeness (QED) is 0.519. The van der Waals surface area contributed by atoms with Crippen LogP contribution in [-0.4, -0.2) is 33.8 Å². The van der Waals surface area contributed by atoms with Crippen molar-refractivity contribution in [1.82, 2.24) is 0 Å². The van der Waals surface area contributed by atoms with Crippen LogP contribution in [0.15, 0.2) is 20.2 Å². The highest BCUT2D eigenvalue weighted by molar-refractivity contribution is 7.82. The Morgan fingerprint density at radius 3 is 2.82 bits per heavy atom. The molecule has 0 saturated heterocycles. The summed E-state index contributed by atoms with van der Waals surface area (Å²) in [6, 6.07) is 0. The number of aliphatic hydroxyl groups excluding tert-OH is 1. The Balaban J connectivity index is 2.53. The highest BCUT2D eigenvalue weighted by atomic mass is 32.1. The molecule has 0 aromatic heterocycles. The molecule has 0 amide bonds. The molecule has 2 rings (SSSR count). The third-order valence-electron chi connectivity index (χ3n) is 1.25. The molecular weight excluding hydrogens is 164 g/mol. The number of thiocarbonyl (C=S) groups is 1. The minimum absolute atomic E-state index is 0.200. The fourth-order valence-corrected chi connectivity index (χ4v) is 0.946. The number of nitrogens with zero attached hydrogens (tertiary/aromatic N) is 4. The maximum atomic E-state index is 9.03. The minimum Gasteiger partial charge on any atom is -0.491 e. The minimum atomic E-state index is -0.200. The third kappa shape index (κ3) is 0.795. The lowest BCUT2D eigenvalue weighted by molar-refractivity contribution is 0.563. The first kappa shape index (κ1) is 6.29. The Hall–Kier alpha value is -1.43. The van der Waals surface area contributed by atoms with E-state index in [2.05, 4.69) is 20.2 Å². The standard InChI is InChI=1S/C5H2N4OS/c10-4-2-3(8-9-4)5(11)7-1-6-2/h1H,(H,9,10). The van der Waals surface area contributed by atoms with Crippen molar-refractivity contribution in [2.75, 3.05) is 0 Å². The Labute approximate surface area is 66.9 Å². The highest BCUT2D eigenvalue weighted by Crippen LogP contribution is 2.04. The molecule has 0 aliphatic carbocycles. The van der Waals surface area contributed by atoms with Crippen LogP contribution in [0.25, 0.3) is 0 Å². The van der Waals surface area contributed by atoms with Gasteiger partial charge in [0, 0.05) is 0 Å². The van der Waals surface area contributed by atoms with Crippen molar-refractivity contribution < 1.29 is 5.11 Å². The first-order valence-corrected chi connectivity index (χ1v) is 3.20. The van der Waals surface area contributed by atoms with Gasteiger partial charge in [-0.15, -0.1) is 10.2 Å². The highest BCUT2D eigenvalue weighted by Gasteiger charge is 2.26. The summed E-state index contributed by atoms with van der Waals surface area (Å²) < 4.78 is 0. The SMILES string of the molecule is OC1=NN=C2C(=S)N=CN=C12. The van der Waals surface area contributed by atoms with Crippen LogP contribution < -0.4 is 0 Å². The first-order chi connectivity index (χ1) is 5.29. The summed E-state index contributed by atoms with van der Waals surface area (Å²) in [5.74, 6) is -0.200. The molecule has 2 heterocycles. The summed E-state index contributed by atoms with van der Waals surface area (Å²) in [7, 11) is 0. The normalized spacial score (nSPS) is 20.7. The molecule has 0 bridgehead atoms. The summed E-state index contributed by atoms with van der Waals surface area (Å²) in [6.45, 7) is 0. The molecule has 0 aromatic carbocycles. The maximum Gasteiger partial charge on any atom is 0.259 e. The molecule has 2 aliphatic rings. The zero-order chi connectivity index (χ0) is 7.84. The van der Waals surface area contributed by atoms with Gasteiger partial charge in [0.05, 0.1) is 0 Å². The molecule has 2 aliphatic heterocycles. The average Bonchev–Trinajstić information content (AvgIpc) is 2.35. The first-order valence-electron chi connectivity index (χ1n) is 2.79. The summed E-state index contributed by atoms with van der Waals surface area (Å²) >= 11 is 4.80. The van der Waals surface area contributed by atoms with Crippen LogP contribution in [0.4, 0.5) is 0 Å². The van der Waals surface area contributed by atoms with E-state index in [0.29, 0.717) is 16.4 Å². The molecule has 6 heteroatoms. The van der Waals surface area contributed by atoms with Gasteiger partial charge in [-0.3, -0.25) is 0 Å². The average molecular weight is 166 g/mol. The van der Waals surface area contributed by atoms with E-state index in [1.165, 1.54) is 6.34 Å². The molecule has 0 atom stereocenters. The zero-order valence-corrected chi connectivity index (χ0v) is 6.04. The lowest BCUT2D eigenvalue weighted by Crippen LogP contribution is -2.27. The zero-order valence-electron chi connectivity index (χ0n) is 5.22. The van der Waals surface area contributed by atoms with E-state index in [1.54, 1.807) is 0 Å². The summed E-state index contributed by atoms with van der Waals surface area (Å²) in [5.41, 5.74) is 0.685. The van der Waals surface area contributed by atoms with Gasteiger partial charge >= 0.3 is 0 Å². The largest absolute Gasteiger partial charge is 0.491 e. The topological polar surface area (TPSA) is 69.7 Å². The number of hydrogen-bond acceptors (Lipinski definition) is 4. The van der Waals surface area contributed by atoms with E-state index in [1.807, 2.05) is 0 Å². The molecular formula is C5H2N4OS. The van der Waals surface area contributed by atoms with E-state index in [0.717, 1.165) is 0 Å². The molecule has 0 spiro atoms. The second kappa shape index (κ2) is 2.03. The number of aliphatic imine (C=N–C) groups is 2. The Morgan fingerprint density at radius 2 is 2.09 bits per heavy atom. The van der Waals surface area contributed by atoms with E-state index < -0.39 is 0 Å². The third-order valence-corrected chi connectivity index (χ3v) is 1.54. The Morgan fingerprint density at radius 1 is 1.27 bits per heavy atom. The predicted molar refractivity (Wildman–Crippen MR) is 46.0 cm³/mol. The van der Waals surface area contributed by atoms with E-state index >= 15 is 0 Å². The van der Waals surface area contributed by atoms with Crippen molar-refractivity contribution in [2.45, 2.75) is 0 Å². The van der Waals surface area contributed by atoms with Crippen molar-refractivity contribution in [2.24, 2.45) is 20.2 Å². The second-order valence-electron chi connectivity index (χ2n) is 1.90.